The van der Waals surface area contributed by atoms with E-state index in [0.29, 0.717) is 11.4 Å². The van der Waals surface area contributed by atoms with Crippen LogP contribution in [0.1, 0.15) is 23.9 Å². The maximum Gasteiger partial charge on any atom is 0.222 e. The summed E-state index contributed by atoms with van der Waals surface area (Å²) in [6, 6.07) is 5.70. The normalized spacial score (nSPS) is 12.2. The van der Waals surface area contributed by atoms with E-state index in [1.807, 2.05) is 0 Å². The van der Waals surface area contributed by atoms with Gasteiger partial charge in [0.25, 0.3) is 0 Å². The van der Waals surface area contributed by atoms with Gasteiger partial charge in [-0.1, -0.05) is 18.2 Å². The van der Waals surface area contributed by atoms with Crippen molar-refractivity contribution in [3.8, 4) is 0 Å². The quantitative estimate of drug-likeness (QED) is 0.859. The van der Waals surface area contributed by atoms with Crippen molar-refractivity contribution in [1.82, 2.24) is 14.9 Å². The summed E-state index contributed by atoms with van der Waals surface area (Å²) in [5.74, 6) is -0.0437. The number of amides is 1. The maximum absolute atomic E-state index is 14.0. The van der Waals surface area contributed by atoms with Crippen LogP contribution in [-0.2, 0) is 11.8 Å². The Balaban J connectivity index is 2.37. The Morgan fingerprint density at radius 1 is 1.50 bits per heavy atom. The van der Waals surface area contributed by atoms with Gasteiger partial charge in [-0.2, -0.15) is 0 Å². The van der Waals surface area contributed by atoms with E-state index in [0.717, 1.165) is 0 Å². The highest BCUT2D eigenvalue weighted by Crippen LogP contribution is 2.23. The van der Waals surface area contributed by atoms with Gasteiger partial charge in [-0.25, -0.2) is 9.37 Å². The minimum Gasteiger partial charge on any atom is -0.342 e. The van der Waals surface area contributed by atoms with Gasteiger partial charge in [0.2, 0.25) is 5.91 Å². The Morgan fingerprint density at radius 3 is 2.85 bits per heavy atom. The SMILES string of the molecule is Cn1ccnc1C(NC(=O)CCN)c1ccccc1F. The second-order valence-corrected chi connectivity index (χ2v) is 4.46. The van der Waals surface area contributed by atoms with E-state index in [1.54, 1.807) is 42.2 Å². The third kappa shape index (κ3) is 3.03. The van der Waals surface area contributed by atoms with E-state index in [9.17, 15) is 9.18 Å². The molecule has 106 valence electrons. The van der Waals surface area contributed by atoms with Crippen molar-refractivity contribution >= 4 is 5.91 Å². The molecule has 0 bridgehead atoms. The fourth-order valence-electron chi connectivity index (χ4n) is 2.01. The van der Waals surface area contributed by atoms with Gasteiger partial charge in [0.1, 0.15) is 17.7 Å². The third-order valence-corrected chi connectivity index (χ3v) is 3.01. The number of nitrogens with two attached hydrogens (primary N) is 1. The zero-order valence-electron chi connectivity index (χ0n) is 11.2. The molecule has 0 aliphatic rings. The van der Waals surface area contributed by atoms with Gasteiger partial charge < -0.3 is 15.6 Å². The van der Waals surface area contributed by atoms with Crippen molar-refractivity contribution in [2.24, 2.45) is 12.8 Å². The topological polar surface area (TPSA) is 72.9 Å². The molecular weight excluding hydrogens is 259 g/mol. The minimum absolute atomic E-state index is 0.190. The second kappa shape index (κ2) is 6.29. The molecule has 3 N–H and O–H groups in total. The Kier molecular flexibility index (Phi) is 4.47. The number of hydrogen-bond acceptors (Lipinski definition) is 3. The molecule has 1 heterocycles. The molecule has 1 unspecified atom stereocenters. The lowest BCUT2D eigenvalue weighted by Gasteiger charge is -2.19. The summed E-state index contributed by atoms with van der Waals surface area (Å²) in [4.78, 5) is 16.0. The summed E-state index contributed by atoms with van der Waals surface area (Å²) in [5.41, 5.74) is 5.75. The molecule has 20 heavy (non-hydrogen) atoms. The molecule has 0 saturated heterocycles. The number of nitrogens with one attached hydrogen (secondary N) is 1. The fraction of sp³-hybridized carbons (Fsp3) is 0.286. The van der Waals surface area contributed by atoms with Gasteiger partial charge in [0, 0.05) is 38.0 Å². The van der Waals surface area contributed by atoms with Crippen LogP contribution in [0.5, 0.6) is 0 Å². The lowest BCUT2D eigenvalue weighted by atomic mass is 10.1. The van der Waals surface area contributed by atoms with E-state index in [1.165, 1.54) is 6.07 Å². The lowest BCUT2D eigenvalue weighted by Crippen LogP contribution is -2.32. The minimum atomic E-state index is -0.629. The third-order valence-electron chi connectivity index (χ3n) is 3.01. The standard InChI is InChI=1S/C14H17FN4O/c1-19-9-8-17-14(19)13(18-12(20)6-7-16)10-4-2-3-5-11(10)15/h2-5,8-9,13H,6-7,16H2,1H3,(H,18,20). The van der Waals surface area contributed by atoms with E-state index >= 15 is 0 Å². The van der Waals surface area contributed by atoms with Crippen LogP contribution in [0, 0.1) is 5.82 Å². The van der Waals surface area contributed by atoms with E-state index in [4.69, 9.17) is 5.73 Å². The number of halogens is 1. The molecule has 1 aromatic carbocycles. The monoisotopic (exact) mass is 276 g/mol. The fourth-order valence-corrected chi connectivity index (χ4v) is 2.01. The Bertz CT molecular complexity index is 596. The molecule has 0 aliphatic heterocycles. The molecule has 2 aromatic rings. The van der Waals surface area contributed by atoms with Crippen LogP contribution in [0.15, 0.2) is 36.7 Å². The molecule has 1 atom stereocenters. The average molecular weight is 276 g/mol. The van der Waals surface area contributed by atoms with Crippen LogP contribution in [-0.4, -0.2) is 22.0 Å². The number of aryl methyl sites for hydroxylation is 1. The molecular formula is C14H17FN4O. The maximum atomic E-state index is 14.0. The van der Waals surface area contributed by atoms with E-state index in [2.05, 4.69) is 10.3 Å². The van der Waals surface area contributed by atoms with Crippen LogP contribution < -0.4 is 11.1 Å². The van der Waals surface area contributed by atoms with Crippen LogP contribution in [0.4, 0.5) is 4.39 Å². The van der Waals surface area contributed by atoms with Crippen molar-refractivity contribution in [2.75, 3.05) is 6.54 Å². The van der Waals surface area contributed by atoms with E-state index in [-0.39, 0.29) is 24.7 Å². The molecule has 0 fully saturated rings. The first-order chi connectivity index (χ1) is 9.63. The lowest BCUT2D eigenvalue weighted by molar-refractivity contribution is -0.121. The van der Waals surface area contributed by atoms with Crippen molar-refractivity contribution in [1.29, 1.82) is 0 Å². The first-order valence-electron chi connectivity index (χ1n) is 6.34. The molecule has 6 heteroatoms. The van der Waals surface area contributed by atoms with Gasteiger partial charge in [-0.15, -0.1) is 0 Å². The van der Waals surface area contributed by atoms with Crippen molar-refractivity contribution in [2.45, 2.75) is 12.5 Å². The van der Waals surface area contributed by atoms with Crippen molar-refractivity contribution in [3.63, 3.8) is 0 Å². The van der Waals surface area contributed by atoms with Crippen LogP contribution >= 0.6 is 0 Å². The summed E-state index contributed by atoms with van der Waals surface area (Å²) in [6.45, 7) is 0.246. The van der Waals surface area contributed by atoms with Crippen molar-refractivity contribution in [3.05, 3.63) is 53.9 Å². The largest absolute Gasteiger partial charge is 0.342 e. The summed E-state index contributed by atoms with van der Waals surface area (Å²) in [5, 5.41) is 2.78. The predicted molar refractivity (Wildman–Crippen MR) is 73.3 cm³/mol. The first kappa shape index (κ1) is 14.2. The second-order valence-electron chi connectivity index (χ2n) is 4.46. The highest BCUT2D eigenvalue weighted by Gasteiger charge is 2.22. The number of rotatable bonds is 5. The summed E-state index contributed by atoms with van der Waals surface area (Å²) in [7, 11) is 1.80. The van der Waals surface area contributed by atoms with Gasteiger partial charge in [0.05, 0.1) is 0 Å². The summed E-state index contributed by atoms with van der Waals surface area (Å²) < 4.78 is 15.7. The van der Waals surface area contributed by atoms with Crippen LogP contribution in [0.2, 0.25) is 0 Å². The number of imidazole rings is 1. The van der Waals surface area contributed by atoms with Crippen molar-refractivity contribution < 1.29 is 9.18 Å². The highest BCUT2D eigenvalue weighted by atomic mass is 19.1. The number of nitrogens with zero attached hydrogens (tertiary/aromatic N) is 2. The number of carbonyl (C=O) groups excluding carboxylic acids is 1. The smallest absolute Gasteiger partial charge is 0.222 e. The zero-order chi connectivity index (χ0) is 14.5. The molecule has 0 radical (unpaired) electrons. The Labute approximate surface area is 116 Å². The van der Waals surface area contributed by atoms with Gasteiger partial charge in [-0.05, 0) is 6.07 Å². The molecule has 0 saturated carbocycles. The molecule has 1 amide bonds. The Hall–Kier alpha value is -2.21. The Morgan fingerprint density at radius 2 is 2.25 bits per heavy atom. The van der Waals surface area contributed by atoms with Gasteiger partial charge >= 0.3 is 0 Å². The van der Waals surface area contributed by atoms with Crippen LogP contribution in [0.3, 0.4) is 0 Å². The number of aromatic nitrogens is 2. The molecule has 1 aromatic heterocycles. The molecule has 5 nitrogen and oxygen atoms in total. The summed E-state index contributed by atoms with van der Waals surface area (Å²) >= 11 is 0. The summed E-state index contributed by atoms with van der Waals surface area (Å²) in [6.07, 6.45) is 3.55. The number of carbonyl (C=O) groups is 1. The molecule has 0 aliphatic carbocycles. The highest BCUT2D eigenvalue weighted by molar-refractivity contribution is 5.77. The number of hydrogen-bond donors (Lipinski definition) is 2. The van der Waals surface area contributed by atoms with Crippen LogP contribution in [0.25, 0.3) is 0 Å². The first-order valence-corrected chi connectivity index (χ1v) is 6.34. The molecule has 0 spiro atoms. The molecule has 2 rings (SSSR count). The zero-order valence-corrected chi connectivity index (χ0v) is 11.2. The van der Waals surface area contributed by atoms with Gasteiger partial charge in [0.15, 0.2) is 0 Å². The number of benzene rings is 1. The predicted octanol–water partition coefficient (Wildman–Crippen LogP) is 1.11. The van der Waals surface area contributed by atoms with Gasteiger partial charge in [-0.3, -0.25) is 4.79 Å². The average Bonchev–Trinajstić information content (AvgIpc) is 2.83. The van der Waals surface area contributed by atoms with E-state index < -0.39 is 6.04 Å².